The lowest BCUT2D eigenvalue weighted by molar-refractivity contribution is -0.383. The first-order chi connectivity index (χ1) is 11.3. The monoisotopic (exact) mass is 351 g/mol. The molecule has 4 rings (SSSR count). The molecule has 0 fully saturated rings. The predicted octanol–water partition coefficient (Wildman–Crippen LogP) is 3.62. The van der Waals surface area contributed by atoms with Crippen molar-refractivity contribution in [2.75, 3.05) is 0 Å². The Balaban J connectivity index is 1.91. The number of nitro benzene ring substituents is 1. The number of oxazole rings is 1. The summed E-state index contributed by atoms with van der Waals surface area (Å²) in [6.07, 6.45) is 1.37. The standard InChI is InChI=1S/C13H7F2N5O3S/c1-13(14,15)11-18-19-7(5-16-12(19)24-11)10-17-9-6(20(21)22)3-2-4-8(9)23-10/h2-5H,1H3. The minimum atomic E-state index is -3.09. The van der Waals surface area contributed by atoms with E-state index in [0.717, 1.165) is 18.3 Å². The number of imidazole rings is 1. The van der Waals surface area contributed by atoms with Crippen molar-refractivity contribution in [3.05, 3.63) is 39.5 Å². The number of non-ortho nitro benzene ring substituents is 1. The third kappa shape index (κ3) is 2.12. The summed E-state index contributed by atoms with van der Waals surface area (Å²) < 4.78 is 33.5. The number of halogens is 2. The fraction of sp³-hybridized carbons (Fsp3) is 0.154. The van der Waals surface area contributed by atoms with Crippen molar-refractivity contribution in [3.63, 3.8) is 0 Å². The van der Waals surface area contributed by atoms with Crippen molar-refractivity contribution < 1.29 is 18.1 Å². The van der Waals surface area contributed by atoms with Crippen molar-refractivity contribution in [3.8, 4) is 11.6 Å². The van der Waals surface area contributed by atoms with E-state index in [1.165, 1.54) is 28.9 Å². The van der Waals surface area contributed by atoms with E-state index in [1.54, 1.807) is 0 Å². The van der Waals surface area contributed by atoms with Gasteiger partial charge in [0.15, 0.2) is 16.1 Å². The number of para-hydroxylation sites is 1. The maximum atomic E-state index is 13.4. The number of nitrogens with zero attached hydrogens (tertiary/aromatic N) is 5. The molecular weight excluding hydrogens is 344 g/mol. The Hall–Kier alpha value is -2.95. The molecule has 0 saturated heterocycles. The molecule has 0 unspecified atom stereocenters. The number of hydrogen-bond donors (Lipinski definition) is 0. The molecule has 11 heteroatoms. The van der Waals surface area contributed by atoms with E-state index in [9.17, 15) is 18.9 Å². The summed E-state index contributed by atoms with van der Waals surface area (Å²) in [4.78, 5) is 18.8. The molecule has 0 N–H and O–H groups in total. The third-order valence-electron chi connectivity index (χ3n) is 3.27. The number of nitro groups is 1. The molecule has 0 saturated carbocycles. The lowest BCUT2D eigenvalue weighted by Crippen LogP contribution is -2.07. The number of rotatable bonds is 3. The summed E-state index contributed by atoms with van der Waals surface area (Å²) in [5, 5.41) is 14.5. The molecule has 0 atom stereocenters. The highest BCUT2D eigenvalue weighted by Gasteiger charge is 2.31. The molecule has 3 heterocycles. The van der Waals surface area contributed by atoms with Gasteiger partial charge >= 0.3 is 0 Å². The van der Waals surface area contributed by atoms with E-state index in [1.807, 2.05) is 0 Å². The van der Waals surface area contributed by atoms with Crippen LogP contribution < -0.4 is 0 Å². The second-order valence-electron chi connectivity index (χ2n) is 5.03. The van der Waals surface area contributed by atoms with Crippen molar-refractivity contribution in [1.82, 2.24) is 19.6 Å². The summed E-state index contributed by atoms with van der Waals surface area (Å²) in [5.74, 6) is -3.08. The molecule has 0 aliphatic heterocycles. The molecular formula is C13H7F2N5O3S. The molecule has 122 valence electrons. The van der Waals surface area contributed by atoms with Crippen molar-refractivity contribution in [2.24, 2.45) is 0 Å². The van der Waals surface area contributed by atoms with Gasteiger partial charge in [-0.2, -0.15) is 18.4 Å². The van der Waals surface area contributed by atoms with Gasteiger partial charge in [0, 0.05) is 13.0 Å². The molecule has 1 aromatic carbocycles. The number of aromatic nitrogens is 4. The highest BCUT2D eigenvalue weighted by atomic mass is 32.1. The molecule has 0 radical (unpaired) electrons. The van der Waals surface area contributed by atoms with Gasteiger partial charge in [-0.1, -0.05) is 17.4 Å². The Morgan fingerprint density at radius 1 is 1.42 bits per heavy atom. The SMILES string of the molecule is CC(F)(F)c1nn2c(-c3nc4c([N+](=O)[O-])cccc4o3)cnc2s1. The molecule has 4 aromatic rings. The van der Waals surface area contributed by atoms with Crippen LogP contribution in [0, 0.1) is 10.1 Å². The molecule has 8 nitrogen and oxygen atoms in total. The van der Waals surface area contributed by atoms with Crippen molar-refractivity contribution in [1.29, 1.82) is 0 Å². The van der Waals surface area contributed by atoms with Crippen LogP contribution in [0.2, 0.25) is 0 Å². The second kappa shape index (κ2) is 4.77. The van der Waals surface area contributed by atoms with Gasteiger partial charge in [-0.25, -0.2) is 9.97 Å². The molecule has 0 aliphatic carbocycles. The van der Waals surface area contributed by atoms with Crippen LogP contribution in [-0.2, 0) is 5.92 Å². The van der Waals surface area contributed by atoms with Crippen LogP contribution in [0.4, 0.5) is 14.5 Å². The lowest BCUT2D eigenvalue weighted by Gasteiger charge is -2.02. The normalized spacial score (nSPS) is 12.3. The summed E-state index contributed by atoms with van der Waals surface area (Å²) in [6, 6.07) is 4.31. The number of alkyl halides is 2. The highest BCUT2D eigenvalue weighted by Crippen LogP contribution is 2.34. The predicted molar refractivity (Wildman–Crippen MR) is 80.1 cm³/mol. The average molecular weight is 351 g/mol. The summed E-state index contributed by atoms with van der Waals surface area (Å²) in [7, 11) is 0. The third-order valence-corrected chi connectivity index (χ3v) is 4.37. The van der Waals surface area contributed by atoms with Gasteiger partial charge in [-0.15, -0.1) is 0 Å². The van der Waals surface area contributed by atoms with Crippen LogP contribution in [0.15, 0.2) is 28.8 Å². The highest BCUT2D eigenvalue weighted by molar-refractivity contribution is 7.16. The van der Waals surface area contributed by atoms with Gasteiger partial charge < -0.3 is 4.42 Å². The van der Waals surface area contributed by atoms with Gasteiger partial charge in [-0.3, -0.25) is 10.1 Å². The number of fused-ring (bicyclic) bond motifs is 2. The van der Waals surface area contributed by atoms with E-state index in [0.29, 0.717) is 0 Å². The van der Waals surface area contributed by atoms with Crippen LogP contribution in [0.1, 0.15) is 11.9 Å². The fourth-order valence-corrected chi connectivity index (χ4v) is 3.01. The maximum Gasteiger partial charge on any atom is 0.298 e. The first kappa shape index (κ1) is 14.6. The Morgan fingerprint density at radius 3 is 2.92 bits per heavy atom. The smallest absolute Gasteiger partial charge is 0.298 e. The van der Waals surface area contributed by atoms with Gasteiger partial charge in [-0.05, 0) is 6.07 Å². The minimum Gasteiger partial charge on any atom is -0.434 e. The summed E-state index contributed by atoms with van der Waals surface area (Å²) >= 11 is 0.748. The zero-order chi connectivity index (χ0) is 17.1. The van der Waals surface area contributed by atoms with Crippen molar-refractivity contribution >= 4 is 33.1 Å². The van der Waals surface area contributed by atoms with Crippen LogP contribution in [0.3, 0.4) is 0 Å². The number of hydrogen-bond acceptors (Lipinski definition) is 7. The van der Waals surface area contributed by atoms with E-state index in [2.05, 4.69) is 15.1 Å². The number of benzene rings is 1. The van der Waals surface area contributed by atoms with Crippen LogP contribution in [-0.4, -0.2) is 24.5 Å². The zero-order valence-corrected chi connectivity index (χ0v) is 12.8. The van der Waals surface area contributed by atoms with E-state index in [4.69, 9.17) is 4.42 Å². The van der Waals surface area contributed by atoms with E-state index in [-0.39, 0.29) is 33.3 Å². The Kier molecular flexibility index (Phi) is 2.91. The van der Waals surface area contributed by atoms with Crippen LogP contribution in [0.25, 0.3) is 27.6 Å². The molecule has 0 bridgehead atoms. The molecule has 3 aromatic heterocycles. The van der Waals surface area contributed by atoms with Gasteiger partial charge in [0.2, 0.25) is 10.9 Å². The van der Waals surface area contributed by atoms with Crippen molar-refractivity contribution in [2.45, 2.75) is 12.8 Å². The Morgan fingerprint density at radius 2 is 2.21 bits per heavy atom. The average Bonchev–Trinajstić information content (AvgIpc) is 3.18. The maximum absolute atomic E-state index is 13.4. The first-order valence-corrected chi connectivity index (χ1v) is 7.43. The minimum absolute atomic E-state index is 0.0167. The quantitative estimate of drug-likeness (QED) is 0.413. The topological polar surface area (TPSA) is 99.4 Å². The van der Waals surface area contributed by atoms with Crippen LogP contribution >= 0.6 is 11.3 Å². The molecule has 0 spiro atoms. The largest absolute Gasteiger partial charge is 0.434 e. The van der Waals surface area contributed by atoms with Gasteiger partial charge in [0.05, 0.1) is 11.1 Å². The fourth-order valence-electron chi connectivity index (χ4n) is 2.21. The zero-order valence-electron chi connectivity index (χ0n) is 11.9. The Labute approximate surface area is 135 Å². The van der Waals surface area contributed by atoms with Gasteiger partial charge in [0.1, 0.15) is 5.69 Å². The second-order valence-corrected chi connectivity index (χ2v) is 5.99. The summed E-state index contributed by atoms with van der Waals surface area (Å²) in [5.41, 5.74) is 0.318. The van der Waals surface area contributed by atoms with Crippen LogP contribution in [0.5, 0.6) is 0 Å². The Bertz CT molecular complexity index is 1090. The van der Waals surface area contributed by atoms with E-state index >= 15 is 0 Å². The molecule has 0 amide bonds. The van der Waals surface area contributed by atoms with Gasteiger partial charge in [0.25, 0.3) is 11.6 Å². The summed E-state index contributed by atoms with van der Waals surface area (Å²) in [6.45, 7) is 0.744. The lowest BCUT2D eigenvalue weighted by atomic mass is 10.3. The molecule has 0 aliphatic rings. The first-order valence-electron chi connectivity index (χ1n) is 6.62. The van der Waals surface area contributed by atoms with E-state index < -0.39 is 15.9 Å². The molecule has 24 heavy (non-hydrogen) atoms.